The molecule has 82 valence electrons. The SMILES string of the molecule is [B]P(=O)(CC)OP(=O)(O)OP(=O)(O)O. The van der Waals surface area contributed by atoms with E-state index in [1.165, 1.54) is 6.92 Å². The Kier molecular flexibility index (Phi) is 4.78. The highest BCUT2D eigenvalue weighted by Gasteiger charge is 2.36. The summed E-state index contributed by atoms with van der Waals surface area (Å²) in [6.07, 6.45) is -0.276. The van der Waals surface area contributed by atoms with Gasteiger partial charge in [-0.2, -0.15) is 4.31 Å². The standard InChI is InChI=1S/C2H8BO8P3/c1-2-12(3,4)10-14(8,9)11-13(5,6)7/h2H2,1H3,(H,8,9)(H2,5,6,7). The Balaban J connectivity index is 4.60. The van der Waals surface area contributed by atoms with Gasteiger partial charge in [-0.3, -0.25) is 0 Å². The first-order chi connectivity index (χ1) is 5.97. The number of hydrogen-bond acceptors (Lipinski definition) is 5. The summed E-state index contributed by atoms with van der Waals surface area (Å²) in [5.41, 5.74) is 0. The molecular formula is C2H8BO8P3. The molecule has 2 unspecified atom stereocenters. The molecule has 14 heavy (non-hydrogen) atoms. The second kappa shape index (κ2) is 4.60. The van der Waals surface area contributed by atoms with Crippen LogP contribution in [0.4, 0.5) is 0 Å². The first kappa shape index (κ1) is 14.6. The second-order valence-electron chi connectivity index (χ2n) is 2.16. The van der Waals surface area contributed by atoms with Gasteiger partial charge >= 0.3 is 15.6 Å². The molecule has 0 aromatic rings. The maximum Gasteiger partial charge on any atom is 0.486 e. The number of rotatable bonds is 5. The van der Waals surface area contributed by atoms with Gasteiger partial charge in [-0.05, 0) is 0 Å². The maximum absolute atomic E-state index is 11.0. The zero-order chi connectivity index (χ0) is 11.6. The summed E-state index contributed by atoms with van der Waals surface area (Å²) in [5, 5.41) is 0. The lowest BCUT2D eigenvalue weighted by molar-refractivity contribution is 0.231. The van der Waals surface area contributed by atoms with Crippen LogP contribution < -0.4 is 0 Å². The highest BCUT2D eigenvalue weighted by molar-refractivity contribution is 7.87. The molecule has 0 rings (SSSR count). The van der Waals surface area contributed by atoms with E-state index in [0.717, 1.165) is 0 Å². The van der Waals surface area contributed by atoms with Gasteiger partial charge in [-0.25, -0.2) is 13.4 Å². The second-order valence-corrected chi connectivity index (χ2v) is 7.47. The Bertz CT molecular complexity index is 331. The Morgan fingerprint density at radius 2 is 1.57 bits per heavy atom. The van der Waals surface area contributed by atoms with E-state index in [1.807, 2.05) is 0 Å². The molecule has 0 aromatic heterocycles. The van der Waals surface area contributed by atoms with Crippen molar-refractivity contribution in [1.29, 1.82) is 0 Å². The fourth-order valence-electron chi connectivity index (χ4n) is 0.382. The molecule has 0 aliphatic rings. The van der Waals surface area contributed by atoms with E-state index in [4.69, 9.17) is 22.2 Å². The normalized spacial score (nSPS) is 21.1. The van der Waals surface area contributed by atoms with Crippen molar-refractivity contribution in [2.45, 2.75) is 6.92 Å². The molecule has 8 nitrogen and oxygen atoms in total. The molecule has 2 atom stereocenters. The molecule has 12 heteroatoms. The zero-order valence-electron chi connectivity index (χ0n) is 7.01. The largest absolute Gasteiger partial charge is 0.486 e. The Morgan fingerprint density at radius 3 is 1.86 bits per heavy atom. The maximum atomic E-state index is 11.0. The molecule has 0 heterocycles. The minimum Gasteiger partial charge on any atom is -0.305 e. The third-order valence-electron chi connectivity index (χ3n) is 0.892. The minimum absolute atomic E-state index is 0.276. The van der Waals surface area contributed by atoms with Crippen LogP contribution >= 0.6 is 22.9 Å². The van der Waals surface area contributed by atoms with Crippen LogP contribution in [-0.4, -0.2) is 28.4 Å². The smallest absolute Gasteiger partial charge is 0.305 e. The van der Waals surface area contributed by atoms with Crippen LogP contribution in [0, 0.1) is 0 Å². The van der Waals surface area contributed by atoms with E-state index in [1.54, 1.807) is 0 Å². The van der Waals surface area contributed by atoms with Crippen molar-refractivity contribution in [3.8, 4) is 0 Å². The lowest BCUT2D eigenvalue weighted by Crippen LogP contribution is -1.94. The van der Waals surface area contributed by atoms with E-state index in [9.17, 15) is 13.7 Å². The topological polar surface area (TPSA) is 130 Å². The third kappa shape index (κ3) is 6.93. The number of hydrogen-bond donors (Lipinski definition) is 3. The molecule has 0 fully saturated rings. The summed E-state index contributed by atoms with van der Waals surface area (Å²) in [7, 11) is -9.28. The molecule has 0 aromatic carbocycles. The molecule has 0 saturated carbocycles. The Morgan fingerprint density at radius 1 is 1.14 bits per heavy atom. The summed E-state index contributed by atoms with van der Waals surface area (Å²) < 4.78 is 39.1. The molecule has 0 saturated heterocycles. The van der Waals surface area contributed by atoms with Crippen LogP contribution in [0.3, 0.4) is 0 Å². The van der Waals surface area contributed by atoms with Crippen molar-refractivity contribution in [3.05, 3.63) is 0 Å². The first-order valence-corrected chi connectivity index (χ1v) is 8.06. The summed E-state index contributed by atoms with van der Waals surface area (Å²) >= 11 is 0. The van der Waals surface area contributed by atoms with Crippen LogP contribution in [0.5, 0.6) is 0 Å². The average molecular weight is 264 g/mol. The molecule has 0 bridgehead atoms. The Labute approximate surface area is 81.3 Å². The predicted octanol–water partition coefficient (Wildman–Crippen LogP) is 0.594. The fourth-order valence-corrected chi connectivity index (χ4v) is 3.70. The van der Waals surface area contributed by atoms with Crippen LogP contribution in [0.2, 0.25) is 0 Å². The van der Waals surface area contributed by atoms with Crippen molar-refractivity contribution in [2.75, 3.05) is 6.16 Å². The molecule has 2 radical (unpaired) electrons. The van der Waals surface area contributed by atoms with Gasteiger partial charge in [0.05, 0.1) is 0 Å². The highest BCUT2D eigenvalue weighted by Crippen LogP contribution is 2.65. The Hall–Kier alpha value is 0.555. The van der Waals surface area contributed by atoms with Gasteiger partial charge < -0.3 is 19.2 Å². The quantitative estimate of drug-likeness (QED) is 0.485. The summed E-state index contributed by atoms with van der Waals surface area (Å²) in [6.45, 7) is 1.30. The van der Waals surface area contributed by atoms with Gasteiger partial charge in [0.2, 0.25) is 7.57 Å². The summed E-state index contributed by atoms with van der Waals surface area (Å²) in [4.78, 5) is 25.0. The van der Waals surface area contributed by atoms with E-state index >= 15 is 0 Å². The lowest BCUT2D eigenvalue weighted by Gasteiger charge is -2.16. The minimum atomic E-state index is -5.20. The average Bonchev–Trinajstić information content (AvgIpc) is 1.78. The lowest BCUT2D eigenvalue weighted by atomic mass is 10.8. The van der Waals surface area contributed by atoms with E-state index in [-0.39, 0.29) is 6.16 Å². The van der Waals surface area contributed by atoms with Gasteiger partial charge in [-0.1, -0.05) is 6.92 Å². The zero-order valence-corrected chi connectivity index (χ0v) is 9.69. The van der Waals surface area contributed by atoms with E-state index in [2.05, 4.69) is 8.62 Å². The van der Waals surface area contributed by atoms with Crippen molar-refractivity contribution >= 4 is 30.5 Å². The van der Waals surface area contributed by atoms with Crippen molar-refractivity contribution in [1.82, 2.24) is 0 Å². The van der Waals surface area contributed by atoms with E-state index < -0.39 is 22.9 Å². The fraction of sp³-hybridized carbons (Fsp3) is 1.00. The molecule has 0 aliphatic heterocycles. The predicted molar refractivity (Wildman–Crippen MR) is 47.9 cm³/mol. The molecular weight excluding hydrogens is 256 g/mol. The van der Waals surface area contributed by atoms with Gasteiger partial charge in [0.15, 0.2) is 7.25 Å². The molecule has 0 aliphatic carbocycles. The van der Waals surface area contributed by atoms with E-state index in [0.29, 0.717) is 0 Å². The molecule has 3 N–H and O–H groups in total. The van der Waals surface area contributed by atoms with Crippen molar-refractivity contribution in [3.63, 3.8) is 0 Å². The molecule has 0 spiro atoms. The van der Waals surface area contributed by atoms with Crippen molar-refractivity contribution in [2.24, 2.45) is 0 Å². The highest BCUT2D eigenvalue weighted by atomic mass is 31.3. The number of phosphoric acid groups is 2. The van der Waals surface area contributed by atoms with Gasteiger partial charge in [-0.15, -0.1) is 0 Å². The van der Waals surface area contributed by atoms with Crippen LogP contribution in [0.25, 0.3) is 0 Å². The monoisotopic (exact) mass is 264 g/mol. The summed E-state index contributed by atoms with van der Waals surface area (Å²) in [6, 6.07) is 0. The van der Waals surface area contributed by atoms with Crippen LogP contribution in [-0.2, 0) is 22.3 Å². The van der Waals surface area contributed by atoms with Gasteiger partial charge in [0.25, 0.3) is 0 Å². The van der Waals surface area contributed by atoms with Crippen molar-refractivity contribution < 1.29 is 37.0 Å². The summed E-state index contributed by atoms with van der Waals surface area (Å²) in [5.74, 6) is 0. The molecule has 0 amide bonds. The third-order valence-corrected chi connectivity index (χ3v) is 5.38. The first-order valence-electron chi connectivity index (χ1n) is 3.16. The van der Waals surface area contributed by atoms with Gasteiger partial charge in [0.1, 0.15) is 0 Å². The van der Waals surface area contributed by atoms with Crippen LogP contribution in [0.15, 0.2) is 0 Å². The van der Waals surface area contributed by atoms with Gasteiger partial charge in [0, 0.05) is 6.16 Å². The van der Waals surface area contributed by atoms with Crippen LogP contribution in [0.1, 0.15) is 6.92 Å².